The fraction of sp³-hybridized carbons (Fsp3) is 0.486. The summed E-state index contributed by atoms with van der Waals surface area (Å²) >= 11 is 0. The van der Waals surface area contributed by atoms with E-state index in [1.807, 2.05) is 25.1 Å². The molecule has 252 valence electrons. The lowest BCUT2D eigenvalue weighted by molar-refractivity contribution is 0.0785. The van der Waals surface area contributed by atoms with Crippen LogP contribution in [0.2, 0.25) is 0 Å². The van der Waals surface area contributed by atoms with Gasteiger partial charge in [0.25, 0.3) is 15.6 Å². The molecule has 9 nitrogen and oxygen atoms in total. The number of benzene rings is 2. The lowest BCUT2D eigenvalue weighted by atomic mass is 9.93. The summed E-state index contributed by atoms with van der Waals surface area (Å²) in [6.07, 6.45) is 9.95. The number of ether oxygens (including phenoxy) is 1. The van der Waals surface area contributed by atoms with Gasteiger partial charge in [-0.2, -0.15) is 0 Å². The van der Waals surface area contributed by atoms with Gasteiger partial charge in [-0.05, 0) is 101 Å². The number of rotatable bonds is 13. The summed E-state index contributed by atoms with van der Waals surface area (Å²) in [5.74, 6) is 1.18. The maximum absolute atomic E-state index is 13.8. The number of aromatic nitrogens is 2. The minimum atomic E-state index is -4.04. The van der Waals surface area contributed by atoms with Crippen LogP contribution in [0.4, 0.5) is 0 Å². The van der Waals surface area contributed by atoms with E-state index in [1.54, 1.807) is 57.4 Å². The second-order valence-electron chi connectivity index (χ2n) is 13.9. The van der Waals surface area contributed by atoms with E-state index in [2.05, 4.69) is 10.2 Å². The topological polar surface area (TPSA) is 106 Å². The van der Waals surface area contributed by atoms with Gasteiger partial charge >= 0.3 is 0 Å². The first-order chi connectivity index (χ1) is 22.4. The fourth-order valence-electron chi connectivity index (χ4n) is 6.61. The molecule has 0 bridgehead atoms. The van der Waals surface area contributed by atoms with E-state index in [1.165, 1.54) is 17.2 Å². The molecule has 2 N–H and O–H groups in total. The van der Waals surface area contributed by atoms with Gasteiger partial charge in [0.05, 0.1) is 10.5 Å². The zero-order valence-electron chi connectivity index (χ0n) is 28.0. The molecule has 10 heteroatoms. The fourth-order valence-corrected chi connectivity index (χ4v) is 7.95. The molecular weight excluding hydrogens is 612 g/mol. The average Bonchev–Trinajstić information content (AvgIpc) is 3.79. The Morgan fingerprint density at radius 1 is 1.00 bits per heavy atom. The van der Waals surface area contributed by atoms with E-state index >= 15 is 0 Å². The molecule has 3 heterocycles. The summed E-state index contributed by atoms with van der Waals surface area (Å²) in [4.78, 5) is 16.2. The Morgan fingerprint density at radius 2 is 1.72 bits per heavy atom. The van der Waals surface area contributed by atoms with Crippen LogP contribution in [0, 0.1) is 12.8 Å². The molecule has 1 unspecified atom stereocenters. The SMILES string of the molecule is Cc1ccc(S(=O)(=O)n2ccc3c(-c4cc(C(C)(C)O)ccc4OC(CCCCCN4CCNCC4)C4CC4)cn(C)c(=O)c32)cc1. The number of fused-ring (bicyclic) bond motifs is 1. The van der Waals surface area contributed by atoms with Crippen LogP contribution in [0.15, 0.2) is 70.6 Å². The number of pyridine rings is 1. The zero-order valence-corrected chi connectivity index (χ0v) is 28.9. The summed E-state index contributed by atoms with van der Waals surface area (Å²) in [6.45, 7) is 10.9. The van der Waals surface area contributed by atoms with Crippen molar-refractivity contribution in [3.8, 4) is 16.9 Å². The Labute approximate surface area is 278 Å². The highest BCUT2D eigenvalue weighted by molar-refractivity contribution is 7.90. The van der Waals surface area contributed by atoms with Crippen LogP contribution in [-0.2, 0) is 22.7 Å². The van der Waals surface area contributed by atoms with Gasteiger partial charge in [0.1, 0.15) is 17.4 Å². The lowest BCUT2D eigenvalue weighted by Crippen LogP contribution is -2.43. The lowest BCUT2D eigenvalue weighted by Gasteiger charge is -2.27. The van der Waals surface area contributed by atoms with Gasteiger partial charge in [-0.3, -0.25) is 4.79 Å². The maximum atomic E-state index is 13.8. The van der Waals surface area contributed by atoms with Crippen LogP contribution in [0.25, 0.3) is 22.0 Å². The van der Waals surface area contributed by atoms with E-state index in [0.717, 1.165) is 79.9 Å². The summed E-state index contributed by atoms with van der Waals surface area (Å²) < 4.78 is 37.0. The number of aliphatic hydroxyl groups is 1. The van der Waals surface area contributed by atoms with Crippen molar-refractivity contribution in [3.63, 3.8) is 0 Å². The molecule has 6 rings (SSSR count). The number of hydrogen-bond acceptors (Lipinski definition) is 7. The predicted molar refractivity (Wildman–Crippen MR) is 187 cm³/mol. The van der Waals surface area contributed by atoms with E-state index in [0.29, 0.717) is 28.2 Å². The second-order valence-corrected chi connectivity index (χ2v) is 15.7. The van der Waals surface area contributed by atoms with Crippen LogP contribution < -0.4 is 15.6 Å². The van der Waals surface area contributed by atoms with E-state index in [9.17, 15) is 18.3 Å². The molecule has 0 radical (unpaired) electrons. The molecule has 2 aliphatic rings. The predicted octanol–water partition coefficient (Wildman–Crippen LogP) is 5.40. The second kappa shape index (κ2) is 13.6. The average molecular weight is 661 g/mol. The van der Waals surface area contributed by atoms with Gasteiger partial charge in [-0.1, -0.05) is 30.2 Å². The highest BCUT2D eigenvalue weighted by Crippen LogP contribution is 2.42. The van der Waals surface area contributed by atoms with Crippen molar-refractivity contribution < 1.29 is 18.3 Å². The smallest absolute Gasteiger partial charge is 0.275 e. The van der Waals surface area contributed by atoms with Crippen LogP contribution >= 0.6 is 0 Å². The first-order valence-corrected chi connectivity index (χ1v) is 18.4. The first kappa shape index (κ1) is 33.5. The van der Waals surface area contributed by atoms with Crippen molar-refractivity contribution in [2.45, 2.75) is 75.9 Å². The van der Waals surface area contributed by atoms with Gasteiger partial charge in [0.15, 0.2) is 0 Å². The quantitative estimate of drug-likeness (QED) is 0.185. The van der Waals surface area contributed by atoms with Crippen LogP contribution in [0.1, 0.15) is 63.5 Å². The molecule has 0 spiro atoms. The monoisotopic (exact) mass is 660 g/mol. The van der Waals surface area contributed by atoms with E-state index in [-0.39, 0.29) is 16.5 Å². The van der Waals surface area contributed by atoms with Crippen LogP contribution in [-0.4, -0.2) is 65.8 Å². The highest BCUT2D eigenvalue weighted by Gasteiger charge is 2.34. The number of nitrogens with one attached hydrogen (secondary N) is 1. The molecule has 1 saturated carbocycles. The van der Waals surface area contributed by atoms with Crippen molar-refractivity contribution in [3.05, 3.63) is 82.4 Å². The van der Waals surface area contributed by atoms with Crippen molar-refractivity contribution in [2.75, 3.05) is 32.7 Å². The van der Waals surface area contributed by atoms with Crippen molar-refractivity contribution in [1.82, 2.24) is 18.8 Å². The van der Waals surface area contributed by atoms with Crippen molar-refractivity contribution in [2.24, 2.45) is 13.0 Å². The number of hydrogen-bond donors (Lipinski definition) is 2. The molecule has 2 fully saturated rings. The summed E-state index contributed by atoms with van der Waals surface area (Å²) in [6, 6.07) is 14.0. The van der Waals surface area contributed by atoms with Crippen LogP contribution in [0.3, 0.4) is 0 Å². The molecule has 1 saturated heterocycles. The first-order valence-electron chi connectivity index (χ1n) is 16.9. The third-order valence-electron chi connectivity index (χ3n) is 9.64. The van der Waals surface area contributed by atoms with Crippen molar-refractivity contribution >= 4 is 20.9 Å². The highest BCUT2D eigenvalue weighted by atomic mass is 32.2. The zero-order chi connectivity index (χ0) is 33.3. The molecule has 47 heavy (non-hydrogen) atoms. The molecule has 1 aliphatic carbocycles. The van der Waals surface area contributed by atoms with Gasteiger partial charge in [-0.25, -0.2) is 12.4 Å². The van der Waals surface area contributed by atoms with Crippen molar-refractivity contribution in [1.29, 1.82) is 0 Å². The number of aryl methyl sites for hydroxylation is 2. The molecule has 1 aliphatic heterocycles. The number of piperazine rings is 1. The van der Waals surface area contributed by atoms with Gasteiger partial charge in [0.2, 0.25) is 0 Å². The van der Waals surface area contributed by atoms with Gasteiger partial charge < -0.3 is 24.6 Å². The maximum Gasteiger partial charge on any atom is 0.275 e. The number of nitrogens with zero attached hydrogens (tertiary/aromatic N) is 3. The van der Waals surface area contributed by atoms with Gasteiger partial charge in [0, 0.05) is 62.1 Å². The van der Waals surface area contributed by atoms with Gasteiger partial charge in [-0.15, -0.1) is 0 Å². The molecule has 2 aromatic heterocycles. The van der Waals surface area contributed by atoms with E-state index < -0.39 is 21.2 Å². The normalized spacial score (nSPS) is 16.9. The molecular formula is C37H48N4O5S. The van der Waals surface area contributed by atoms with E-state index in [4.69, 9.17) is 4.74 Å². The minimum absolute atomic E-state index is 0.0652. The Hall–Kier alpha value is -3.44. The minimum Gasteiger partial charge on any atom is -0.489 e. The summed E-state index contributed by atoms with van der Waals surface area (Å²) in [7, 11) is -2.40. The standard InChI is InChI=1S/C37H48N4O5S/c1-26-9-14-29(15-10-26)47(44,45)41-21-17-30-32(25-39(4)36(42)35(30)41)31-24-28(37(2,3)43)13-16-34(31)46-33(27-11-12-27)8-6-5-7-20-40-22-18-38-19-23-40/h9-10,13-17,21,24-25,27,33,38,43H,5-8,11-12,18-20,22-23H2,1-4H3. The molecule has 4 aromatic rings. The van der Waals surface area contributed by atoms with Crippen LogP contribution in [0.5, 0.6) is 5.75 Å². The third kappa shape index (κ3) is 7.36. The molecule has 1 atom stereocenters. The Bertz CT molecular complexity index is 1880. The summed E-state index contributed by atoms with van der Waals surface area (Å²) in [5.41, 5.74) is 1.58. The largest absolute Gasteiger partial charge is 0.489 e. The Kier molecular flexibility index (Phi) is 9.67. The Morgan fingerprint density at radius 3 is 2.40 bits per heavy atom. The molecule has 0 amide bonds. The molecule has 2 aromatic carbocycles. The Balaban J connectivity index is 1.34. The third-order valence-corrected chi connectivity index (χ3v) is 11.3. The number of unbranched alkanes of at least 4 members (excludes halogenated alkanes) is 2. The summed E-state index contributed by atoms with van der Waals surface area (Å²) in [5, 5.41) is 14.9.